The molecule has 412 valence electrons. The topological polar surface area (TPSA) is 402 Å². The van der Waals surface area contributed by atoms with Gasteiger partial charge in [0.1, 0.15) is 48.8 Å². The first kappa shape index (κ1) is 56.7. The van der Waals surface area contributed by atoms with E-state index in [0.717, 1.165) is 61.7 Å². The Morgan fingerprint density at radius 3 is 2.44 bits per heavy atom. The van der Waals surface area contributed by atoms with Gasteiger partial charge in [0.15, 0.2) is 34.7 Å². The van der Waals surface area contributed by atoms with Crippen LogP contribution in [0.3, 0.4) is 0 Å². The monoisotopic (exact) mass is 1130 g/mol. The summed E-state index contributed by atoms with van der Waals surface area (Å²) in [4.78, 5) is 69.7. The van der Waals surface area contributed by atoms with Gasteiger partial charge in [0.25, 0.3) is 10.1 Å². The number of nitrogens with two attached hydrogens (primary N) is 1. The Bertz CT molecular complexity index is 3220. The van der Waals surface area contributed by atoms with E-state index < -0.39 is 81.9 Å². The van der Waals surface area contributed by atoms with Gasteiger partial charge >= 0.3 is 23.5 Å². The number of aryl methyl sites for hydroxylation is 1. The first-order valence-electron chi connectivity index (χ1n) is 24.2. The molecule has 2 aromatic carbocycles. The van der Waals surface area contributed by atoms with Crippen molar-refractivity contribution in [3.63, 3.8) is 0 Å². The van der Waals surface area contributed by atoms with Gasteiger partial charge in [-0.05, 0) is 70.6 Å². The van der Waals surface area contributed by atoms with Crippen LogP contribution in [-0.4, -0.2) is 137 Å². The second kappa shape index (κ2) is 22.4. The second-order valence-corrected chi connectivity index (χ2v) is 25.2. The van der Waals surface area contributed by atoms with Crippen molar-refractivity contribution in [1.82, 2.24) is 29.4 Å². The van der Waals surface area contributed by atoms with Crippen molar-refractivity contribution in [1.29, 1.82) is 0 Å². The van der Waals surface area contributed by atoms with Crippen molar-refractivity contribution < 1.29 is 83.9 Å². The number of carbonyl (C=O) groups excluding carboxylic acids is 1. The zero-order valence-electron chi connectivity index (χ0n) is 41.2. The van der Waals surface area contributed by atoms with Crippen LogP contribution in [0.15, 0.2) is 35.6 Å². The molecule has 1 saturated heterocycles. The molecule has 4 aromatic rings. The molecule has 7 atom stereocenters. The summed E-state index contributed by atoms with van der Waals surface area (Å²) >= 11 is 0. The molecule has 0 aliphatic carbocycles. The Hall–Kier alpha value is -4.54. The summed E-state index contributed by atoms with van der Waals surface area (Å²) in [6.07, 6.45) is 0.489. The van der Waals surface area contributed by atoms with Gasteiger partial charge in [-0.25, -0.2) is 38.2 Å². The molecule has 0 spiro atoms. The number of fused-ring (bicyclic) bond motifs is 5. The average Bonchev–Trinajstić information content (AvgIpc) is 3.81. The molecule has 8 rings (SSSR count). The average molecular weight is 1130 g/mol. The molecular weight excluding hydrogens is 1070 g/mol. The number of phosphoric acid groups is 3. The third-order valence-electron chi connectivity index (χ3n) is 13.4. The summed E-state index contributed by atoms with van der Waals surface area (Å²) in [5, 5.41) is 29.8. The Labute approximate surface area is 430 Å². The number of aliphatic hydroxyl groups excluding tert-OH is 2. The van der Waals surface area contributed by atoms with Gasteiger partial charge in [-0.1, -0.05) is 12.8 Å². The highest BCUT2D eigenvalue weighted by Crippen LogP contribution is 2.66. The Morgan fingerprint density at radius 1 is 0.973 bits per heavy atom. The highest BCUT2D eigenvalue weighted by Gasteiger charge is 2.48. The van der Waals surface area contributed by atoms with Gasteiger partial charge in [0.05, 0.1) is 18.4 Å². The Morgan fingerprint density at radius 2 is 1.72 bits per heavy atom. The molecule has 32 heteroatoms. The molecule has 0 saturated carbocycles. The molecule has 1 fully saturated rings. The van der Waals surface area contributed by atoms with E-state index in [1.54, 1.807) is 0 Å². The number of phosphoric ester groups is 1. The van der Waals surface area contributed by atoms with Gasteiger partial charge in [0, 0.05) is 61.2 Å². The SMILES string of the molecule is CC[N+]1=c2cc3c(cc2CCC1)=Nc1cc2c(cc1O3)N(CCCC(=O)NCCCCCCNc1nc3c(N)ncnc3n1[C@@H]1O[C@H](COP(=O)(O)OP(=O)(O)OP(=O)(O)O)[C@@H](O)[C@H]1O)C(C)(C)CC2CS(=O)(=O)O. The van der Waals surface area contributed by atoms with E-state index in [0.29, 0.717) is 67.9 Å². The number of nitrogen functional groups attached to an aromatic ring is 1. The summed E-state index contributed by atoms with van der Waals surface area (Å²) in [5.74, 6) is 0.184. The summed E-state index contributed by atoms with van der Waals surface area (Å²) in [6.45, 7) is 8.22. The molecule has 3 unspecified atom stereocenters. The number of unbranched alkanes of at least 4 members (excludes halogenated alkanes) is 3. The zero-order chi connectivity index (χ0) is 54.3. The number of benzene rings is 2. The summed E-state index contributed by atoms with van der Waals surface area (Å²) < 4.78 is 97.5. The Kier molecular flexibility index (Phi) is 16.9. The van der Waals surface area contributed by atoms with Crippen molar-refractivity contribution in [3.8, 4) is 11.5 Å². The summed E-state index contributed by atoms with van der Waals surface area (Å²) in [6, 6.07) is 7.89. The minimum atomic E-state index is -5.82. The maximum atomic E-state index is 13.1. The van der Waals surface area contributed by atoms with Gasteiger partial charge in [-0.15, -0.1) is 0 Å². The van der Waals surface area contributed by atoms with Crippen molar-refractivity contribution in [2.45, 2.75) is 115 Å². The fourth-order valence-electron chi connectivity index (χ4n) is 10.1. The third-order valence-corrected chi connectivity index (χ3v) is 18.0. The van der Waals surface area contributed by atoms with E-state index >= 15 is 0 Å². The van der Waals surface area contributed by atoms with Gasteiger partial charge in [-0.3, -0.25) is 18.4 Å². The molecule has 4 aliphatic rings. The number of nitrogens with zero attached hydrogens (tertiary/aromatic N) is 7. The molecular formula is C43H62N10O18P3S+. The molecule has 0 bridgehead atoms. The minimum Gasteiger partial charge on any atom is -0.452 e. The standard InChI is InChI=1S/C43H61N10O18P3S/c1-4-51-15-9-11-25-17-28-32(19-30(25)51)68-33-20-31-27(18-29(33)49-28)26(23-75(64,65)66)21-43(2,3)52(31)16-10-12-35(54)45-13-7-5-6-8-14-46-42-50-36-39(44)47-24-48-40(36)53(42)41-38(56)37(55)34(69-41)22-67-73(60,61)71-74(62,63)70-72(57,58)59/h17-20,24,26,34,37-38,41,44,49,55-56H,4-16,21-23H2,1-3H3,(H6,45,54,57,58,59,60,61,62,63,64,65,66)/p+1/t26?,34-,37-,38-,41-/m1/s1. The van der Waals surface area contributed by atoms with Crippen molar-refractivity contribution in [2.75, 3.05) is 61.0 Å². The van der Waals surface area contributed by atoms with Crippen LogP contribution in [0.5, 0.6) is 11.5 Å². The van der Waals surface area contributed by atoms with Crippen LogP contribution < -0.4 is 41.3 Å². The van der Waals surface area contributed by atoms with Crippen LogP contribution in [0.4, 0.5) is 23.1 Å². The summed E-state index contributed by atoms with van der Waals surface area (Å²) in [7, 11) is -21.4. The van der Waals surface area contributed by atoms with E-state index in [2.05, 4.69) is 61.2 Å². The van der Waals surface area contributed by atoms with E-state index in [1.165, 1.54) is 10.1 Å². The number of ether oxygens (including phenoxy) is 2. The number of hydrogen-bond acceptors (Lipinski definition) is 20. The fraction of sp³-hybridized carbons (Fsp3) is 0.581. The molecule has 0 radical (unpaired) electrons. The molecule has 28 nitrogen and oxygen atoms in total. The molecule has 11 N–H and O–H groups in total. The number of imidazole rings is 1. The number of aromatic nitrogens is 4. The van der Waals surface area contributed by atoms with Gasteiger partial charge < -0.3 is 60.5 Å². The fourth-order valence-corrected chi connectivity index (χ4v) is 13.9. The van der Waals surface area contributed by atoms with Crippen LogP contribution in [0, 0.1) is 0 Å². The predicted molar refractivity (Wildman–Crippen MR) is 268 cm³/mol. The van der Waals surface area contributed by atoms with Gasteiger partial charge in [0.2, 0.25) is 17.2 Å². The highest BCUT2D eigenvalue weighted by atomic mass is 32.2. The minimum absolute atomic E-state index is 0.0217. The van der Waals surface area contributed by atoms with E-state index in [1.807, 2.05) is 32.0 Å². The highest BCUT2D eigenvalue weighted by molar-refractivity contribution is 7.85. The number of nitrogens with one attached hydrogen (secondary N) is 2. The number of aliphatic hydroxyl groups is 2. The normalized spacial score (nSPS) is 22.7. The van der Waals surface area contributed by atoms with Crippen molar-refractivity contribution >= 4 is 73.8 Å². The van der Waals surface area contributed by atoms with Crippen LogP contribution in [-0.2, 0) is 52.9 Å². The molecule has 4 aliphatic heterocycles. The quantitative estimate of drug-likeness (QED) is 0.0194. The largest absolute Gasteiger partial charge is 0.490 e. The van der Waals surface area contributed by atoms with Crippen molar-refractivity contribution in [3.05, 3.63) is 52.4 Å². The lowest BCUT2D eigenvalue weighted by Gasteiger charge is -2.48. The lowest BCUT2D eigenvalue weighted by Crippen LogP contribution is -2.50. The van der Waals surface area contributed by atoms with Gasteiger partial charge in [-0.2, -0.15) is 17.0 Å². The lowest BCUT2D eigenvalue weighted by atomic mass is 9.79. The molecule has 1 amide bonds. The van der Waals surface area contributed by atoms with Crippen LogP contribution in [0.25, 0.3) is 11.2 Å². The maximum Gasteiger partial charge on any atom is 0.490 e. The lowest BCUT2D eigenvalue weighted by molar-refractivity contribution is -0.121. The summed E-state index contributed by atoms with van der Waals surface area (Å²) in [5.41, 5.74) is 8.99. The number of carbonyl (C=O) groups is 1. The number of rotatable bonds is 23. The number of hydrogen-bond donors (Lipinski definition) is 10. The van der Waals surface area contributed by atoms with Crippen LogP contribution >= 0.6 is 23.5 Å². The van der Waals surface area contributed by atoms with Crippen LogP contribution in [0.2, 0.25) is 0 Å². The molecule has 2 aromatic heterocycles. The number of anilines is 3. The van der Waals surface area contributed by atoms with Crippen LogP contribution in [0.1, 0.15) is 95.4 Å². The second-order valence-electron chi connectivity index (χ2n) is 19.3. The molecule has 6 heterocycles. The smallest absolute Gasteiger partial charge is 0.452 e. The van der Waals surface area contributed by atoms with E-state index in [9.17, 15) is 51.5 Å². The third kappa shape index (κ3) is 13.6. The van der Waals surface area contributed by atoms with Crippen molar-refractivity contribution in [2.24, 2.45) is 4.99 Å². The zero-order valence-corrected chi connectivity index (χ0v) is 44.7. The Balaban J connectivity index is 0.823. The number of amides is 1. The maximum absolute atomic E-state index is 13.1. The first-order chi connectivity index (χ1) is 35.2. The first-order valence-corrected chi connectivity index (χ1v) is 30.4. The predicted octanol–water partition coefficient (Wildman–Crippen LogP) is 2.41. The van der Waals surface area contributed by atoms with E-state index in [-0.39, 0.29) is 35.3 Å². The molecule has 75 heavy (non-hydrogen) atoms. The van der Waals surface area contributed by atoms with E-state index in [4.69, 9.17) is 30.0 Å².